The molecular weight excluding hydrogens is 509 g/mol. The van der Waals surface area contributed by atoms with Crippen molar-refractivity contribution >= 4 is 35.8 Å². The Labute approximate surface area is 201 Å². The zero-order valence-electron chi connectivity index (χ0n) is 18.4. The van der Waals surface area contributed by atoms with Crippen LogP contribution in [0.3, 0.4) is 0 Å². The van der Waals surface area contributed by atoms with Crippen LogP contribution in [0.5, 0.6) is 11.5 Å². The van der Waals surface area contributed by atoms with E-state index in [0.29, 0.717) is 13.1 Å². The lowest BCUT2D eigenvalue weighted by atomic mass is 10.2. The molecule has 31 heavy (non-hydrogen) atoms. The fourth-order valence-electron chi connectivity index (χ4n) is 3.30. The normalized spacial score (nSPS) is 13.9. The van der Waals surface area contributed by atoms with Gasteiger partial charge in [0.1, 0.15) is 17.3 Å². The molecule has 0 saturated carbocycles. The molecule has 1 saturated heterocycles. The first-order valence-electron chi connectivity index (χ1n) is 10.2. The largest absolute Gasteiger partial charge is 0.497 e. The van der Waals surface area contributed by atoms with Gasteiger partial charge in [0.15, 0.2) is 5.96 Å². The van der Waals surface area contributed by atoms with Gasteiger partial charge in [-0.15, -0.1) is 24.0 Å². The Hall–Kier alpha value is -2.27. The number of hydrogen-bond acceptors (Lipinski definition) is 6. The third-order valence-electron chi connectivity index (χ3n) is 4.87. The van der Waals surface area contributed by atoms with E-state index in [4.69, 9.17) is 19.2 Å². The molecule has 170 valence electrons. The smallest absolute Gasteiger partial charge is 0.191 e. The van der Waals surface area contributed by atoms with Crippen molar-refractivity contribution in [3.63, 3.8) is 0 Å². The molecule has 0 aliphatic carbocycles. The van der Waals surface area contributed by atoms with Crippen molar-refractivity contribution in [1.29, 1.82) is 0 Å². The maximum atomic E-state index is 5.48. The zero-order chi connectivity index (χ0) is 21.2. The fourth-order valence-corrected chi connectivity index (χ4v) is 3.30. The van der Waals surface area contributed by atoms with Crippen LogP contribution in [0, 0.1) is 0 Å². The third kappa shape index (κ3) is 7.13. The van der Waals surface area contributed by atoms with E-state index in [1.54, 1.807) is 14.2 Å². The van der Waals surface area contributed by atoms with Crippen LogP contribution in [0.4, 0.5) is 5.82 Å². The van der Waals surface area contributed by atoms with Crippen molar-refractivity contribution in [2.75, 3.05) is 52.0 Å². The molecule has 1 aliphatic heterocycles. The number of pyridine rings is 1. The number of methoxy groups -OCH3 is 2. The number of aromatic nitrogens is 1. The quantitative estimate of drug-likeness (QED) is 0.302. The lowest BCUT2D eigenvalue weighted by molar-refractivity contribution is 0.122. The van der Waals surface area contributed by atoms with Crippen molar-refractivity contribution < 1.29 is 14.2 Å². The average molecular weight is 541 g/mol. The van der Waals surface area contributed by atoms with Gasteiger partial charge in [-0.2, -0.15) is 0 Å². The molecule has 3 rings (SSSR count). The molecule has 9 heteroatoms. The summed E-state index contributed by atoms with van der Waals surface area (Å²) in [5.41, 5.74) is 2.12. The number of morpholine rings is 1. The Bertz CT molecular complexity index is 844. The maximum Gasteiger partial charge on any atom is 0.191 e. The van der Waals surface area contributed by atoms with E-state index in [1.807, 2.05) is 37.4 Å². The third-order valence-corrected chi connectivity index (χ3v) is 4.87. The van der Waals surface area contributed by atoms with E-state index < -0.39 is 0 Å². The first-order valence-corrected chi connectivity index (χ1v) is 10.2. The number of benzene rings is 1. The minimum Gasteiger partial charge on any atom is -0.497 e. The number of rotatable bonds is 8. The van der Waals surface area contributed by atoms with E-state index in [0.717, 1.165) is 67.3 Å². The Balaban J connectivity index is 0.00000341. The fraction of sp³-hybridized carbons (Fsp3) is 0.455. The standard InChI is InChI=1S/C22H31N5O3.HI/c1-4-23-22(25-15-17-7-8-19(28-2)14-20(17)29-3)26-16-18-6-5-9-24-21(18)27-10-12-30-13-11-27;/h5-9,14H,4,10-13,15-16H2,1-3H3,(H2,23,25,26);1H. The van der Waals surface area contributed by atoms with E-state index in [1.165, 1.54) is 0 Å². The topological polar surface area (TPSA) is 80.2 Å². The Morgan fingerprint density at radius 3 is 2.65 bits per heavy atom. The van der Waals surface area contributed by atoms with Crippen LogP contribution in [0.25, 0.3) is 0 Å². The van der Waals surface area contributed by atoms with E-state index in [2.05, 4.69) is 26.6 Å². The highest BCUT2D eigenvalue weighted by atomic mass is 127. The second kappa shape index (κ2) is 13.2. The predicted octanol–water partition coefficient (Wildman–Crippen LogP) is 2.81. The van der Waals surface area contributed by atoms with Gasteiger partial charge in [0.05, 0.1) is 34.0 Å². The van der Waals surface area contributed by atoms with Crippen molar-refractivity contribution in [3.8, 4) is 11.5 Å². The summed E-state index contributed by atoms with van der Waals surface area (Å²) in [6, 6.07) is 9.82. The molecule has 0 amide bonds. The van der Waals surface area contributed by atoms with Gasteiger partial charge in [-0.05, 0) is 25.1 Å². The number of guanidine groups is 1. The van der Waals surface area contributed by atoms with Gasteiger partial charge < -0.3 is 29.7 Å². The predicted molar refractivity (Wildman–Crippen MR) is 134 cm³/mol. The number of aliphatic imine (C=N–C) groups is 1. The summed E-state index contributed by atoms with van der Waals surface area (Å²) in [5.74, 6) is 3.26. The molecule has 0 radical (unpaired) electrons. The van der Waals surface area contributed by atoms with Crippen molar-refractivity contribution in [1.82, 2.24) is 15.6 Å². The number of halogens is 1. The van der Waals surface area contributed by atoms with E-state index in [9.17, 15) is 0 Å². The summed E-state index contributed by atoms with van der Waals surface area (Å²) in [5, 5.41) is 6.72. The van der Waals surface area contributed by atoms with Crippen molar-refractivity contribution in [3.05, 3.63) is 47.7 Å². The van der Waals surface area contributed by atoms with Crippen LogP contribution >= 0.6 is 24.0 Å². The average Bonchev–Trinajstić information content (AvgIpc) is 2.81. The van der Waals surface area contributed by atoms with E-state index in [-0.39, 0.29) is 24.0 Å². The van der Waals surface area contributed by atoms with Gasteiger partial charge in [0, 0.05) is 49.6 Å². The molecule has 1 aromatic heterocycles. The first kappa shape index (κ1) is 25.0. The molecular formula is C22H32IN5O3. The molecule has 2 aromatic rings. The zero-order valence-corrected chi connectivity index (χ0v) is 20.7. The second-order valence-corrected chi connectivity index (χ2v) is 6.81. The maximum absolute atomic E-state index is 5.48. The summed E-state index contributed by atoms with van der Waals surface area (Å²) in [4.78, 5) is 11.6. The Kier molecular flexibility index (Phi) is 10.6. The van der Waals surface area contributed by atoms with Gasteiger partial charge in [0.25, 0.3) is 0 Å². The van der Waals surface area contributed by atoms with Crippen molar-refractivity contribution in [2.24, 2.45) is 4.99 Å². The van der Waals surface area contributed by atoms with Gasteiger partial charge in [-0.25, -0.2) is 9.98 Å². The molecule has 1 aliphatic rings. The number of nitrogens with zero attached hydrogens (tertiary/aromatic N) is 3. The minimum atomic E-state index is 0. The molecule has 1 fully saturated rings. The molecule has 1 aromatic carbocycles. The SMILES string of the molecule is CCNC(=NCc1ccc(OC)cc1OC)NCc1cccnc1N1CCOCC1.I. The number of hydrogen-bond donors (Lipinski definition) is 2. The lowest BCUT2D eigenvalue weighted by Crippen LogP contribution is -2.39. The van der Waals surface area contributed by atoms with Crippen LogP contribution < -0.4 is 25.0 Å². The minimum absolute atomic E-state index is 0. The molecule has 8 nitrogen and oxygen atoms in total. The van der Waals surface area contributed by atoms with Crippen LogP contribution in [0.2, 0.25) is 0 Å². The van der Waals surface area contributed by atoms with Crippen LogP contribution in [0.1, 0.15) is 18.1 Å². The molecule has 2 heterocycles. The molecule has 0 spiro atoms. The highest BCUT2D eigenvalue weighted by Crippen LogP contribution is 2.25. The first-order chi connectivity index (χ1) is 14.7. The second-order valence-electron chi connectivity index (χ2n) is 6.81. The van der Waals surface area contributed by atoms with E-state index >= 15 is 0 Å². The van der Waals surface area contributed by atoms with Gasteiger partial charge in [-0.3, -0.25) is 0 Å². The monoisotopic (exact) mass is 541 g/mol. The molecule has 2 N–H and O–H groups in total. The molecule has 0 atom stereocenters. The molecule has 0 bridgehead atoms. The number of anilines is 1. The highest BCUT2D eigenvalue weighted by Gasteiger charge is 2.16. The highest BCUT2D eigenvalue weighted by molar-refractivity contribution is 14.0. The van der Waals surface area contributed by atoms with Gasteiger partial charge in [0.2, 0.25) is 0 Å². The summed E-state index contributed by atoms with van der Waals surface area (Å²) in [6.45, 7) is 7.13. The molecule has 0 unspecified atom stereocenters. The summed E-state index contributed by atoms with van der Waals surface area (Å²) >= 11 is 0. The summed E-state index contributed by atoms with van der Waals surface area (Å²) in [6.07, 6.45) is 1.84. The summed E-state index contributed by atoms with van der Waals surface area (Å²) in [7, 11) is 3.30. The Morgan fingerprint density at radius 2 is 1.94 bits per heavy atom. The van der Waals surface area contributed by atoms with Gasteiger partial charge in [-0.1, -0.05) is 6.07 Å². The van der Waals surface area contributed by atoms with Crippen LogP contribution in [-0.2, 0) is 17.8 Å². The van der Waals surface area contributed by atoms with Gasteiger partial charge >= 0.3 is 0 Å². The van der Waals surface area contributed by atoms with Crippen LogP contribution in [-0.4, -0.2) is 58.0 Å². The Morgan fingerprint density at radius 1 is 1.13 bits per heavy atom. The lowest BCUT2D eigenvalue weighted by Gasteiger charge is -2.29. The summed E-state index contributed by atoms with van der Waals surface area (Å²) < 4.78 is 16.2. The number of nitrogens with one attached hydrogen (secondary N) is 2. The van der Waals surface area contributed by atoms with Crippen molar-refractivity contribution in [2.45, 2.75) is 20.0 Å². The number of ether oxygens (including phenoxy) is 3. The van der Waals surface area contributed by atoms with Crippen LogP contribution in [0.15, 0.2) is 41.5 Å².